The second-order valence-corrected chi connectivity index (χ2v) is 16.9. The van der Waals surface area contributed by atoms with Crippen LogP contribution < -0.4 is 0 Å². The SMILES string of the molecule is CC/C=C\C/C=C\C/C=C\C/C=C\C/C=C\C/C=C\C/C=C\CCCC(=O)OC(COCC/C=C\C/C=C\C/C=C\C/C=C\C/C=C\CC)COP(=O)(O)OC1C(O)C(O)C(O)C(O)C1O. The molecule has 1 aliphatic carbocycles. The van der Waals surface area contributed by atoms with E-state index in [1.54, 1.807) is 0 Å². The Labute approximate surface area is 395 Å². The number of allylic oxidation sites excluding steroid dienone is 23. The zero-order valence-electron chi connectivity index (χ0n) is 39.4. The van der Waals surface area contributed by atoms with E-state index in [0.29, 0.717) is 19.3 Å². The minimum Gasteiger partial charge on any atom is -0.457 e. The van der Waals surface area contributed by atoms with Gasteiger partial charge in [0.25, 0.3) is 0 Å². The van der Waals surface area contributed by atoms with Gasteiger partial charge in [-0.15, -0.1) is 0 Å². The Morgan fingerprint density at radius 3 is 1.20 bits per heavy atom. The number of ether oxygens (including phenoxy) is 2. The number of hydrogen-bond acceptors (Lipinski definition) is 11. The van der Waals surface area contributed by atoms with Crippen LogP contribution in [0.2, 0.25) is 0 Å². The molecule has 1 aliphatic rings. The monoisotopic (exact) mass is 941 g/mol. The van der Waals surface area contributed by atoms with Crippen molar-refractivity contribution in [2.24, 2.45) is 0 Å². The van der Waals surface area contributed by atoms with Crippen molar-refractivity contribution in [1.82, 2.24) is 0 Å². The van der Waals surface area contributed by atoms with Crippen LogP contribution in [0.3, 0.4) is 0 Å². The average Bonchev–Trinajstić information content (AvgIpc) is 3.30. The number of hydrogen-bond donors (Lipinski definition) is 6. The van der Waals surface area contributed by atoms with Gasteiger partial charge in [-0.25, -0.2) is 4.57 Å². The van der Waals surface area contributed by atoms with Crippen LogP contribution in [0.5, 0.6) is 0 Å². The Kier molecular flexibility index (Phi) is 37.8. The zero-order chi connectivity index (χ0) is 48.4. The van der Waals surface area contributed by atoms with Crippen LogP contribution in [-0.2, 0) is 27.9 Å². The molecule has 370 valence electrons. The predicted octanol–water partition coefficient (Wildman–Crippen LogP) is 10.2. The lowest BCUT2D eigenvalue weighted by molar-refractivity contribution is -0.220. The molecule has 6 unspecified atom stereocenters. The molecule has 1 saturated carbocycles. The smallest absolute Gasteiger partial charge is 0.457 e. The van der Waals surface area contributed by atoms with Crippen molar-refractivity contribution >= 4 is 13.8 Å². The number of esters is 1. The molecule has 0 aliphatic heterocycles. The van der Waals surface area contributed by atoms with Gasteiger partial charge in [0.05, 0.1) is 19.8 Å². The van der Waals surface area contributed by atoms with Crippen molar-refractivity contribution in [3.05, 3.63) is 146 Å². The number of aliphatic hydroxyl groups excluding tert-OH is 5. The fraction of sp³-hybridized carbons (Fsp3) is 0.528. The largest absolute Gasteiger partial charge is 0.472 e. The van der Waals surface area contributed by atoms with Gasteiger partial charge in [-0.05, 0) is 96.3 Å². The fourth-order valence-electron chi connectivity index (χ4n) is 6.05. The first kappa shape index (κ1) is 60.2. The highest BCUT2D eigenvalue weighted by Crippen LogP contribution is 2.47. The summed E-state index contributed by atoms with van der Waals surface area (Å²) in [6.07, 6.45) is 50.9. The first-order valence-corrected chi connectivity index (χ1v) is 25.2. The minimum atomic E-state index is -5.07. The van der Waals surface area contributed by atoms with Gasteiger partial charge in [0.2, 0.25) is 0 Å². The van der Waals surface area contributed by atoms with Crippen LogP contribution in [0.4, 0.5) is 0 Å². The Morgan fingerprint density at radius 2 is 0.818 bits per heavy atom. The number of unbranched alkanes of at least 4 members (excludes halogenated alkanes) is 1. The summed E-state index contributed by atoms with van der Waals surface area (Å²) in [5.74, 6) is -0.567. The van der Waals surface area contributed by atoms with E-state index in [4.69, 9.17) is 18.5 Å². The van der Waals surface area contributed by atoms with Crippen LogP contribution in [0, 0.1) is 0 Å². The lowest BCUT2D eigenvalue weighted by atomic mass is 9.85. The number of aliphatic hydroxyl groups is 5. The highest BCUT2D eigenvalue weighted by Gasteiger charge is 2.51. The lowest BCUT2D eigenvalue weighted by Gasteiger charge is -2.41. The van der Waals surface area contributed by atoms with Gasteiger partial charge in [-0.3, -0.25) is 13.8 Å². The molecule has 1 fully saturated rings. The quantitative estimate of drug-likeness (QED) is 0.0150. The van der Waals surface area contributed by atoms with Crippen LogP contribution in [0.15, 0.2) is 146 Å². The summed E-state index contributed by atoms with van der Waals surface area (Å²) < 4.78 is 34.0. The molecule has 0 aromatic rings. The summed E-state index contributed by atoms with van der Waals surface area (Å²) in [7, 11) is -5.07. The maximum Gasteiger partial charge on any atom is 0.472 e. The summed E-state index contributed by atoms with van der Waals surface area (Å²) >= 11 is 0. The predicted molar refractivity (Wildman–Crippen MR) is 266 cm³/mol. The van der Waals surface area contributed by atoms with Gasteiger partial charge in [0, 0.05) is 6.42 Å². The molecule has 0 saturated heterocycles. The van der Waals surface area contributed by atoms with Gasteiger partial charge in [0.1, 0.15) is 42.7 Å². The minimum absolute atomic E-state index is 0.0760. The molecule has 0 aromatic heterocycles. The summed E-state index contributed by atoms with van der Waals surface area (Å²) in [5, 5.41) is 50.2. The second kappa shape index (κ2) is 41.4. The number of phosphoric ester groups is 1. The molecule has 66 heavy (non-hydrogen) atoms. The van der Waals surface area contributed by atoms with Crippen molar-refractivity contribution in [3.63, 3.8) is 0 Å². The highest BCUT2D eigenvalue weighted by atomic mass is 31.2. The molecule has 1 rings (SSSR count). The Bertz CT molecular complexity index is 1640. The van der Waals surface area contributed by atoms with E-state index in [-0.39, 0.29) is 19.6 Å². The van der Waals surface area contributed by atoms with Crippen molar-refractivity contribution in [2.45, 2.75) is 159 Å². The molecule has 12 nitrogen and oxygen atoms in total. The van der Waals surface area contributed by atoms with Gasteiger partial charge in [0.15, 0.2) is 0 Å². The third kappa shape index (κ3) is 32.8. The van der Waals surface area contributed by atoms with Crippen molar-refractivity contribution in [2.75, 3.05) is 19.8 Å². The number of rotatable bonds is 37. The normalized spacial score (nSPS) is 22.7. The molecule has 0 aromatic carbocycles. The Balaban J connectivity index is 2.50. The van der Waals surface area contributed by atoms with E-state index in [0.717, 1.165) is 77.0 Å². The molecular weight excluding hydrogens is 860 g/mol. The third-order valence-electron chi connectivity index (χ3n) is 9.73. The van der Waals surface area contributed by atoms with E-state index in [1.807, 2.05) is 24.3 Å². The van der Waals surface area contributed by atoms with Crippen molar-refractivity contribution in [3.8, 4) is 0 Å². The lowest BCUT2D eigenvalue weighted by Crippen LogP contribution is -2.64. The van der Waals surface area contributed by atoms with Gasteiger partial charge >= 0.3 is 13.8 Å². The van der Waals surface area contributed by atoms with Crippen LogP contribution in [0.25, 0.3) is 0 Å². The van der Waals surface area contributed by atoms with Gasteiger partial charge in [-0.2, -0.15) is 0 Å². The maximum absolute atomic E-state index is 12.8. The van der Waals surface area contributed by atoms with Gasteiger partial charge in [-0.1, -0.05) is 160 Å². The van der Waals surface area contributed by atoms with Crippen LogP contribution >= 0.6 is 7.82 Å². The topological polar surface area (TPSA) is 192 Å². The number of carbonyl (C=O) groups is 1. The molecule has 0 spiro atoms. The first-order valence-electron chi connectivity index (χ1n) is 23.7. The molecule has 0 bridgehead atoms. The second-order valence-electron chi connectivity index (χ2n) is 15.5. The standard InChI is InChI=1S/C53H81O12P/c1-3-5-7-9-11-13-15-17-19-21-22-23-24-25-26-27-28-30-32-34-36-38-40-42-47(54)64-46(45-63-66(60,61)65-53-51(58)49(56)48(55)50(57)52(53)59)44-62-43-41-39-37-35-33-31-29-20-18-16-14-12-10-8-6-4-2/h5-8,11-14,17-20,22-23,25-26,28,30-31,33-34,36-37,39,46,48-53,55-59H,3-4,9-10,15-16,21,24,27,29,32,35,38,40-45H2,1-2H3,(H,60,61)/b7-5-,8-6-,13-11-,14-12-,19-17-,20-18-,23-22-,26-25-,30-28-,33-31-,36-34-,39-37-. The molecule has 0 heterocycles. The molecule has 0 amide bonds. The van der Waals surface area contributed by atoms with E-state index in [9.17, 15) is 39.8 Å². The van der Waals surface area contributed by atoms with Crippen LogP contribution in [0.1, 0.15) is 117 Å². The van der Waals surface area contributed by atoms with E-state index in [2.05, 4.69) is 135 Å². The fourth-order valence-corrected chi connectivity index (χ4v) is 7.03. The van der Waals surface area contributed by atoms with E-state index in [1.165, 1.54) is 0 Å². The Hall–Kier alpha value is -3.78. The maximum atomic E-state index is 12.8. The first-order chi connectivity index (χ1) is 32.0. The summed E-state index contributed by atoms with van der Waals surface area (Å²) in [6, 6.07) is 0. The molecule has 0 radical (unpaired) electrons. The third-order valence-corrected chi connectivity index (χ3v) is 10.7. The zero-order valence-corrected chi connectivity index (χ0v) is 40.3. The molecule has 6 atom stereocenters. The van der Waals surface area contributed by atoms with Crippen LogP contribution in [-0.4, -0.2) is 98.9 Å². The molecular formula is C53H81O12P. The Morgan fingerprint density at radius 1 is 0.485 bits per heavy atom. The molecule has 13 heteroatoms. The van der Waals surface area contributed by atoms with Crippen molar-refractivity contribution in [1.29, 1.82) is 0 Å². The summed E-state index contributed by atoms with van der Waals surface area (Å²) in [5.41, 5.74) is 0. The average molecular weight is 941 g/mol. The van der Waals surface area contributed by atoms with Gasteiger partial charge < -0.3 is 39.9 Å². The summed E-state index contributed by atoms with van der Waals surface area (Å²) in [4.78, 5) is 23.2. The molecule has 6 N–H and O–H groups in total. The van der Waals surface area contributed by atoms with E-state index < -0.39 is 63.1 Å². The summed E-state index contributed by atoms with van der Waals surface area (Å²) in [6.45, 7) is 3.72. The van der Waals surface area contributed by atoms with E-state index >= 15 is 0 Å². The number of carbonyl (C=O) groups excluding carboxylic acids is 1. The highest BCUT2D eigenvalue weighted by molar-refractivity contribution is 7.47. The number of phosphoric acid groups is 1. The van der Waals surface area contributed by atoms with Crippen molar-refractivity contribution < 1.29 is 58.3 Å².